The summed E-state index contributed by atoms with van der Waals surface area (Å²) in [5.41, 5.74) is 2.51. The maximum atomic E-state index is 12.6. The van der Waals surface area contributed by atoms with Crippen LogP contribution in [0.25, 0.3) is 0 Å². The van der Waals surface area contributed by atoms with Gasteiger partial charge in [0.1, 0.15) is 5.75 Å². The van der Waals surface area contributed by atoms with Crippen LogP contribution in [0.2, 0.25) is 0 Å². The second-order valence-electron chi connectivity index (χ2n) is 7.06. The first-order valence-electron chi connectivity index (χ1n) is 9.52. The number of carbonyl (C=O) groups excluding carboxylic acids is 2. The molecule has 2 aromatic rings. The van der Waals surface area contributed by atoms with E-state index in [9.17, 15) is 9.59 Å². The molecule has 0 aromatic heterocycles. The van der Waals surface area contributed by atoms with Gasteiger partial charge in [0, 0.05) is 43.9 Å². The Bertz CT molecular complexity index is 812. The molecule has 0 aliphatic carbocycles. The molecule has 1 fully saturated rings. The topological polar surface area (TPSA) is 61.9 Å². The Hall–Kier alpha value is -2.86. The average Bonchev–Trinajstić information content (AvgIpc) is 2.73. The van der Waals surface area contributed by atoms with Crippen molar-refractivity contribution in [3.05, 3.63) is 65.2 Å². The molecule has 2 amide bonds. The SMILES string of the molecule is COc1ccccc1CC(=O)NCc1ccc(C(=O)N2CCN(C)CC2)cc1. The van der Waals surface area contributed by atoms with E-state index in [1.807, 2.05) is 53.4 Å². The van der Waals surface area contributed by atoms with Crippen molar-refractivity contribution >= 4 is 11.8 Å². The third kappa shape index (κ3) is 5.10. The Morgan fingerprint density at radius 2 is 1.68 bits per heavy atom. The van der Waals surface area contributed by atoms with E-state index in [0.717, 1.165) is 37.3 Å². The zero-order valence-electron chi connectivity index (χ0n) is 16.5. The summed E-state index contributed by atoms with van der Waals surface area (Å²) in [6.07, 6.45) is 0.268. The molecule has 3 rings (SSSR count). The number of carbonyl (C=O) groups is 2. The fourth-order valence-electron chi connectivity index (χ4n) is 3.24. The van der Waals surface area contributed by atoms with Crippen LogP contribution in [-0.4, -0.2) is 62.0 Å². The molecule has 1 heterocycles. The van der Waals surface area contributed by atoms with Crippen molar-refractivity contribution in [1.29, 1.82) is 0 Å². The molecule has 148 valence electrons. The Labute approximate surface area is 166 Å². The van der Waals surface area contributed by atoms with Crippen LogP contribution in [0.15, 0.2) is 48.5 Å². The third-order valence-corrected chi connectivity index (χ3v) is 5.02. The van der Waals surface area contributed by atoms with Crippen LogP contribution in [-0.2, 0) is 17.8 Å². The zero-order chi connectivity index (χ0) is 19.9. The molecule has 1 N–H and O–H groups in total. The first kappa shape index (κ1) is 19.9. The fraction of sp³-hybridized carbons (Fsp3) is 0.364. The highest BCUT2D eigenvalue weighted by atomic mass is 16.5. The van der Waals surface area contributed by atoms with Gasteiger partial charge in [-0.3, -0.25) is 9.59 Å². The second kappa shape index (κ2) is 9.37. The largest absolute Gasteiger partial charge is 0.496 e. The first-order valence-corrected chi connectivity index (χ1v) is 9.52. The van der Waals surface area contributed by atoms with E-state index in [0.29, 0.717) is 17.9 Å². The van der Waals surface area contributed by atoms with Crippen molar-refractivity contribution < 1.29 is 14.3 Å². The van der Waals surface area contributed by atoms with E-state index in [1.54, 1.807) is 7.11 Å². The van der Waals surface area contributed by atoms with Gasteiger partial charge < -0.3 is 19.9 Å². The van der Waals surface area contributed by atoms with Gasteiger partial charge >= 0.3 is 0 Å². The number of ether oxygens (including phenoxy) is 1. The Balaban J connectivity index is 1.51. The predicted molar refractivity (Wildman–Crippen MR) is 108 cm³/mol. The highest BCUT2D eigenvalue weighted by Gasteiger charge is 2.20. The number of hydrogen-bond acceptors (Lipinski definition) is 4. The van der Waals surface area contributed by atoms with E-state index in [1.165, 1.54) is 0 Å². The molecule has 2 aromatic carbocycles. The molecule has 1 aliphatic rings. The smallest absolute Gasteiger partial charge is 0.253 e. The summed E-state index contributed by atoms with van der Waals surface area (Å²) in [4.78, 5) is 28.9. The van der Waals surface area contributed by atoms with Crippen LogP contribution >= 0.6 is 0 Å². The Morgan fingerprint density at radius 3 is 2.36 bits per heavy atom. The van der Waals surface area contributed by atoms with Crippen LogP contribution in [0.4, 0.5) is 0 Å². The summed E-state index contributed by atoms with van der Waals surface area (Å²) in [6, 6.07) is 15.0. The molecule has 0 radical (unpaired) electrons. The normalized spacial score (nSPS) is 14.6. The summed E-state index contributed by atoms with van der Waals surface area (Å²) in [5.74, 6) is 0.714. The molecule has 0 atom stereocenters. The highest BCUT2D eigenvalue weighted by Crippen LogP contribution is 2.17. The van der Waals surface area contributed by atoms with Gasteiger partial charge in [-0.15, -0.1) is 0 Å². The number of methoxy groups -OCH3 is 1. The van der Waals surface area contributed by atoms with Crippen molar-refractivity contribution in [2.45, 2.75) is 13.0 Å². The van der Waals surface area contributed by atoms with Gasteiger partial charge in [-0.05, 0) is 30.8 Å². The van der Waals surface area contributed by atoms with Crippen molar-refractivity contribution in [2.75, 3.05) is 40.3 Å². The lowest BCUT2D eigenvalue weighted by molar-refractivity contribution is -0.120. The summed E-state index contributed by atoms with van der Waals surface area (Å²) in [5, 5.41) is 2.92. The monoisotopic (exact) mass is 381 g/mol. The van der Waals surface area contributed by atoms with Gasteiger partial charge in [0.15, 0.2) is 0 Å². The van der Waals surface area contributed by atoms with Gasteiger partial charge in [-0.25, -0.2) is 0 Å². The van der Waals surface area contributed by atoms with E-state index >= 15 is 0 Å². The number of hydrogen-bond donors (Lipinski definition) is 1. The number of piperazine rings is 1. The standard InChI is InChI=1S/C22H27N3O3/c1-24-11-13-25(14-12-24)22(27)18-9-7-17(8-10-18)16-23-21(26)15-19-5-3-4-6-20(19)28-2/h3-10H,11-16H2,1-2H3,(H,23,26). The molecule has 0 saturated carbocycles. The summed E-state index contributed by atoms with van der Waals surface area (Å²) in [6.45, 7) is 3.76. The molecule has 0 spiro atoms. The number of benzene rings is 2. The summed E-state index contributed by atoms with van der Waals surface area (Å²) >= 11 is 0. The molecule has 6 nitrogen and oxygen atoms in total. The maximum absolute atomic E-state index is 12.6. The van der Waals surface area contributed by atoms with E-state index < -0.39 is 0 Å². The number of rotatable bonds is 6. The summed E-state index contributed by atoms with van der Waals surface area (Å²) < 4.78 is 5.28. The van der Waals surface area contributed by atoms with Crippen molar-refractivity contribution in [1.82, 2.24) is 15.1 Å². The molecule has 28 heavy (non-hydrogen) atoms. The Kier molecular flexibility index (Phi) is 6.66. The van der Waals surface area contributed by atoms with Gasteiger partial charge in [-0.2, -0.15) is 0 Å². The number of nitrogens with zero attached hydrogens (tertiary/aromatic N) is 2. The van der Waals surface area contributed by atoms with Crippen molar-refractivity contribution in [2.24, 2.45) is 0 Å². The minimum Gasteiger partial charge on any atom is -0.496 e. The van der Waals surface area contributed by atoms with Crippen LogP contribution in [0, 0.1) is 0 Å². The molecule has 1 saturated heterocycles. The highest BCUT2D eigenvalue weighted by molar-refractivity contribution is 5.94. The third-order valence-electron chi connectivity index (χ3n) is 5.02. The van der Waals surface area contributed by atoms with Crippen LogP contribution < -0.4 is 10.1 Å². The lowest BCUT2D eigenvalue weighted by Gasteiger charge is -2.32. The minimum atomic E-state index is -0.0675. The second-order valence-corrected chi connectivity index (χ2v) is 7.06. The van der Waals surface area contributed by atoms with Crippen LogP contribution in [0.5, 0.6) is 5.75 Å². The molecular weight excluding hydrogens is 354 g/mol. The minimum absolute atomic E-state index is 0.0675. The van der Waals surface area contributed by atoms with Gasteiger partial charge in [-0.1, -0.05) is 30.3 Å². The fourth-order valence-corrected chi connectivity index (χ4v) is 3.24. The van der Waals surface area contributed by atoms with Gasteiger partial charge in [0.2, 0.25) is 5.91 Å². The first-order chi connectivity index (χ1) is 13.6. The predicted octanol–water partition coefficient (Wildman–Crippen LogP) is 1.94. The van der Waals surface area contributed by atoms with Crippen LogP contribution in [0.1, 0.15) is 21.5 Å². The number of nitrogens with one attached hydrogen (secondary N) is 1. The molecular formula is C22H27N3O3. The molecule has 1 aliphatic heterocycles. The number of amides is 2. The van der Waals surface area contributed by atoms with Crippen molar-refractivity contribution in [3.63, 3.8) is 0 Å². The Morgan fingerprint density at radius 1 is 1.00 bits per heavy atom. The molecule has 6 heteroatoms. The lowest BCUT2D eigenvalue weighted by atomic mass is 10.1. The lowest BCUT2D eigenvalue weighted by Crippen LogP contribution is -2.47. The average molecular weight is 381 g/mol. The molecule has 0 bridgehead atoms. The quantitative estimate of drug-likeness (QED) is 0.831. The number of para-hydroxylation sites is 1. The zero-order valence-corrected chi connectivity index (χ0v) is 16.5. The van der Waals surface area contributed by atoms with Crippen LogP contribution in [0.3, 0.4) is 0 Å². The maximum Gasteiger partial charge on any atom is 0.253 e. The van der Waals surface area contributed by atoms with Crippen molar-refractivity contribution in [3.8, 4) is 5.75 Å². The van der Waals surface area contributed by atoms with Gasteiger partial charge in [0.25, 0.3) is 5.91 Å². The molecule has 0 unspecified atom stereocenters. The van der Waals surface area contributed by atoms with E-state index in [4.69, 9.17) is 4.74 Å². The summed E-state index contributed by atoms with van der Waals surface area (Å²) in [7, 11) is 3.67. The number of likely N-dealkylation sites (N-methyl/N-ethyl adjacent to an activating group) is 1. The van der Waals surface area contributed by atoms with E-state index in [2.05, 4.69) is 17.3 Å². The van der Waals surface area contributed by atoms with Gasteiger partial charge in [0.05, 0.1) is 13.5 Å². The van der Waals surface area contributed by atoms with E-state index in [-0.39, 0.29) is 18.2 Å².